The molecule has 2 aromatic carbocycles. The summed E-state index contributed by atoms with van der Waals surface area (Å²) in [6.45, 7) is 1.62. The number of amides is 2. The van der Waals surface area contributed by atoms with Crippen molar-refractivity contribution in [2.24, 2.45) is 7.05 Å². The molecule has 2 N–H and O–H groups in total. The van der Waals surface area contributed by atoms with E-state index in [-0.39, 0.29) is 35.9 Å². The van der Waals surface area contributed by atoms with E-state index in [1.807, 2.05) is 0 Å². The molecule has 2 amide bonds. The third kappa shape index (κ3) is 4.66. The van der Waals surface area contributed by atoms with Crippen LogP contribution in [0.25, 0.3) is 16.7 Å². The van der Waals surface area contributed by atoms with Gasteiger partial charge in [-0.15, -0.1) is 0 Å². The molecule has 0 aliphatic heterocycles. The largest absolute Gasteiger partial charge is 0.419 e. The zero-order valence-electron chi connectivity index (χ0n) is 20.3. The zero-order valence-corrected chi connectivity index (χ0v) is 20.3. The predicted octanol–water partition coefficient (Wildman–Crippen LogP) is 2.38. The fraction of sp³-hybridized carbons (Fsp3) is 0.154. The standard InChI is InChI=1S/C26H21FN6O5/c1-14(34)17-5-3-4-15(8-17)11-29-25(36)21-10-19(31-23-18(27)13-30-33(21)23)24(35)28-12-16-6-7-22-20(9-16)32(2)26(37)38-22/h3-10,13H,11-12H2,1-2H3,(H,28,35)(H,29,36). The number of carbonyl (C=O) groups excluding carboxylic acids is 3. The molecule has 38 heavy (non-hydrogen) atoms. The highest BCUT2D eigenvalue weighted by atomic mass is 19.1. The van der Waals surface area contributed by atoms with Crippen LogP contribution in [0.15, 0.2) is 63.9 Å². The number of ketones is 1. The molecule has 3 aromatic heterocycles. The van der Waals surface area contributed by atoms with Crippen molar-refractivity contribution in [3.63, 3.8) is 0 Å². The lowest BCUT2D eigenvalue weighted by Gasteiger charge is -2.10. The van der Waals surface area contributed by atoms with Gasteiger partial charge in [-0.3, -0.25) is 19.0 Å². The first kappa shape index (κ1) is 24.6. The van der Waals surface area contributed by atoms with Gasteiger partial charge in [0.15, 0.2) is 22.8 Å². The second-order valence-electron chi connectivity index (χ2n) is 8.61. The molecule has 192 valence electrons. The van der Waals surface area contributed by atoms with Crippen molar-refractivity contribution in [2.75, 3.05) is 0 Å². The van der Waals surface area contributed by atoms with Crippen molar-refractivity contribution in [3.05, 3.63) is 99.2 Å². The lowest BCUT2D eigenvalue weighted by atomic mass is 10.1. The maximum atomic E-state index is 14.4. The Kier molecular flexibility index (Phi) is 6.29. The molecular weight excluding hydrogens is 495 g/mol. The van der Waals surface area contributed by atoms with Crippen molar-refractivity contribution in [3.8, 4) is 0 Å². The Bertz CT molecular complexity index is 1800. The minimum atomic E-state index is -0.797. The molecular formula is C26H21FN6O5. The predicted molar refractivity (Wildman–Crippen MR) is 133 cm³/mol. The summed E-state index contributed by atoms with van der Waals surface area (Å²) in [4.78, 5) is 53.3. The first-order valence-electron chi connectivity index (χ1n) is 11.5. The number of nitrogens with one attached hydrogen (secondary N) is 2. The molecule has 0 aliphatic rings. The number of rotatable bonds is 7. The Hall–Kier alpha value is -5.13. The molecule has 0 saturated heterocycles. The van der Waals surface area contributed by atoms with E-state index < -0.39 is 23.4 Å². The summed E-state index contributed by atoms with van der Waals surface area (Å²) < 4.78 is 21.8. The average molecular weight is 516 g/mol. The zero-order chi connectivity index (χ0) is 27.0. The number of hydrogen-bond donors (Lipinski definition) is 2. The second-order valence-corrected chi connectivity index (χ2v) is 8.61. The summed E-state index contributed by atoms with van der Waals surface area (Å²) in [7, 11) is 1.57. The molecule has 0 bridgehead atoms. The van der Waals surface area contributed by atoms with Crippen LogP contribution in [-0.2, 0) is 20.1 Å². The fourth-order valence-electron chi connectivity index (χ4n) is 3.94. The third-order valence-corrected chi connectivity index (χ3v) is 5.99. The monoisotopic (exact) mass is 516 g/mol. The van der Waals surface area contributed by atoms with Gasteiger partial charge in [-0.05, 0) is 36.2 Å². The fourth-order valence-corrected chi connectivity index (χ4v) is 3.94. The van der Waals surface area contributed by atoms with Crippen LogP contribution < -0.4 is 16.4 Å². The van der Waals surface area contributed by atoms with Gasteiger partial charge in [0, 0.05) is 31.8 Å². The number of oxazole rings is 1. The number of carbonyl (C=O) groups is 3. The molecule has 0 spiro atoms. The van der Waals surface area contributed by atoms with Crippen LogP contribution in [0.4, 0.5) is 4.39 Å². The average Bonchev–Trinajstić information content (AvgIpc) is 3.43. The smallest absolute Gasteiger partial charge is 0.408 e. The Morgan fingerprint density at radius 1 is 1.00 bits per heavy atom. The summed E-state index contributed by atoms with van der Waals surface area (Å²) in [5, 5.41) is 9.26. The van der Waals surface area contributed by atoms with E-state index in [2.05, 4.69) is 20.7 Å². The lowest BCUT2D eigenvalue weighted by molar-refractivity contribution is 0.0941. The first-order valence-corrected chi connectivity index (χ1v) is 11.5. The van der Waals surface area contributed by atoms with E-state index in [1.54, 1.807) is 49.5 Å². The SMILES string of the molecule is CC(=O)c1cccc(CNC(=O)c2cc(C(=O)NCc3ccc4oc(=O)n(C)c4c3)nc3c(F)cnn23)c1. The van der Waals surface area contributed by atoms with Gasteiger partial charge in [0.05, 0.1) is 11.7 Å². The third-order valence-electron chi connectivity index (χ3n) is 5.99. The summed E-state index contributed by atoms with van der Waals surface area (Å²) in [6.07, 6.45) is 0.904. The van der Waals surface area contributed by atoms with E-state index in [9.17, 15) is 23.6 Å². The first-order chi connectivity index (χ1) is 18.2. The molecule has 11 nitrogen and oxygen atoms in total. The number of Topliss-reactive ketones (excluding diaryl/α,β-unsaturated/α-hetero) is 1. The van der Waals surface area contributed by atoms with E-state index in [0.717, 1.165) is 10.7 Å². The van der Waals surface area contributed by atoms with E-state index >= 15 is 0 Å². The van der Waals surface area contributed by atoms with Crippen molar-refractivity contribution < 1.29 is 23.2 Å². The number of benzene rings is 2. The van der Waals surface area contributed by atoms with Crippen molar-refractivity contribution in [1.82, 2.24) is 29.8 Å². The van der Waals surface area contributed by atoms with Crippen LogP contribution in [0.5, 0.6) is 0 Å². The molecule has 5 aromatic rings. The maximum Gasteiger partial charge on any atom is 0.419 e. The van der Waals surface area contributed by atoms with Gasteiger partial charge in [0.25, 0.3) is 11.8 Å². The van der Waals surface area contributed by atoms with Gasteiger partial charge in [0.1, 0.15) is 11.4 Å². The summed E-state index contributed by atoms with van der Waals surface area (Å²) in [5.74, 6) is -2.66. The second kappa shape index (κ2) is 9.73. The molecule has 0 unspecified atom stereocenters. The van der Waals surface area contributed by atoms with Gasteiger partial charge < -0.3 is 15.1 Å². The highest BCUT2D eigenvalue weighted by Crippen LogP contribution is 2.15. The van der Waals surface area contributed by atoms with Gasteiger partial charge in [-0.1, -0.05) is 24.3 Å². The van der Waals surface area contributed by atoms with E-state index in [4.69, 9.17) is 4.42 Å². The van der Waals surface area contributed by atoms with Crippen LogP contribution in [0.3, 0.4) is 0 Å². The summed E-state index contributed by atoms with van der Waals surface area (Å²) in [5.41, 5.74) is 2.30. The van der Waals surface area contributed by atoms with Crippen LogP contribution >= 0.6 is 0 Å². The lowest BCUT2D eigenvalue weighted by Crippen LogP contribution is -2.28. The van der Waals surface area contributed by atoms with Crippen LogP contribution in [0, 0.1) is 5.82 Å². The Labute approximate surface area is 213 Å². The number of nitrogens with zero attached hydrogens (tertiary/aromatic N) is 4. The minimum absolute atomic E-state index is 0.0801. The summed E-state index contributed by atoms with van der Waals surface area (Å²) in [6, 6.07) is 13.0. The maximum absolute atomic E-state index is 14.4. The van der Waals surface area contributed by atoms with E-state index in [0.29, 0.717) is 27.8 Å². The number of aryl methyl sites for hydroxylation is 1. The molecule has 0 radical (unpaired) electrons. The minimum Gasteiger partial charge on any atom is -0.408 e. The van der Waals surface area contributed by atoms with Gasteiger partial charge >= 0.3 is 5.76 Å². The molecule has 0 atom stereocenters. The number of hydrogen-bond acceptors (Lipinski definition) is 7. The van der Waals surface area contributed by atoms with E-state index in [1.165, 1.54) is 17.6 Å². The van der Waals surface area contributed by atoms with Crippen molar-refractivity contribution in [1.29, 1.82) is 0 Å². The van der Waals surface area contributed by atoms with Gasteiger partial charge in [0.2, 0.25) is 0 Å². The van der Waals surface area contributed by atoms with Crippen LogP contribution in [0.2, 0.25) is 0 Å². The number of halogens is 1. The highest BCUT2D eigenvalue weighted by Gasteiger charge is 2.20. The van der Waals surface area contributed by atoms with Crippen molar-refractivity contribution >= 4 is 34.3 Å². The normalized spacial score (nSPS) is 11.1. The number of fused-ring (bicyclic) bond motifs is 2. The molecule has 0 fully saturated rings. The summed E-state index contributed by atoms with van der Waals surface area (Å²) >= 11 is 0. The Morgan fingerprint density at radius 3 is 2.50 bits per heavy atom. The molecule has 0 aliphatic carbocycles. The van der Waals surface area contributed by atoms with Crippen LogP contribution in [-0.4, -0.2) is 36.8 Å². The molecule has 3 heterocycles. The highest BCUT2D eigenvalue weighted by molar-refractivity contribution is 5.98. The molecule has 5 rings (SSSR count). The number of aromatic nitrogens is 4. The Morgan fingerprint density at radius 2 is 1.74 bits per heavy atom. The topological polar surface area (TPSA) is 141 Å². The van der Waals surface area contributed by atoms with Gasteiger partial charge in [-0.2, -0.15) is 5.10 Å². The quantitative estimate of drug-likeness (QED) is 0.317. The van der Waals surface area contributed by atoms with Crippen LogP contribution in [0.1, 0.15) is 49.4 Å². The molecule has 12 heteroatoms. The van der Waals surface area contributed by atoms with Gasteiger partial charge in [-0.25, -0.2) is 18.7 Å². The molecule has 0 saturated carbocycles. The van der Waals surface area contributed by atoms with Crippen molar-refractivity contribution in [2.45, 2.75) is 20.0 Å². The Balaban J connectivity index is 1.36.